The van der Waals surface area contributed by atoms with Crippen LogP contribution in [0.15, 0.2) is 12.3 Å². The van der Waals surface area contributed by atoms with E-state index in [4.69, 9.17) is 4.74 Å². The van der Waals surface area contributed by atoms with Gasteiger partial charge in [-0.2, -0.15) is 0 Å². The number of carbonyl (C=O) groups is 3. The molecule has 23 heavy (non-hydrogen) atoms. The largest absolute Gasteiger partial charge is 0.448 e. The van der Waals surface area contributed by atoms with Crippen LogP contribution < -0.4 is 5.32 Å². The number of amides is 1. The summed E-state index contributed by atoms with van der Waals surface area (Å²) in [5.74, 6) is -0.623. The van der Waals surface area contributed by atoms with Gasteiger partial charge in [0, 0.05) is 17.8 Å². The van der Waals surface area contributed by atoms with Crippen molar-refractivity contribution in [1.82, 2.24) is 10.3 Å². The van der Waals surface area contributed by atoms with Crippen molar-refractivity contribution in [2.45, 2.75) is 58.6 Å². The number of Topliss-reactive ketones (excluding diaryl/α,β-unsaturated/α-hetero) is 1. The number of aromatic nitrogens is 1. The van der Waals surface area contributed by atoms with Crippen LogP contribution in [0.5, 0.6) is 0 Å². The van der Waals surface area contributed by atoms with Crippen LogP contribution in [0.4, 0.5) is 0 Å². The molecule has 0 radical (unpaired) electrons. The average molecular weight is 320 g/mol. The van der Waals surface area contributed by atoms with E-state index in [1.807, 2.05) is 0 Å². The number of esters is 1. The third-order valence-electron chi connectivity index (χ3n) is 4.40. The zero-order valence-corrected chi connectivity index (χ0v) is 13.8. The standard InChI is InChI=1S/C17H24N2O4/c1-10-6-4-5-7-14(10)19-16(21)12(3)23-17(22)15-8-13(9-18-15)11(2)20/h8-10,12,14,18H,4-7H2,1-3H3,(H,19,21)/t10-,12-,14-/m1/s1. The van der Waals surface area contributed by atoms with Gasteiger partial charge in [-0.1, -0.05) is 19.8 Å². The highest BCUT2D eigenvalue weighted by molar-refractivity contribution is 5.98. The molecule has 6 heteroatoms. The van der Waals surface area contributed by atoms with Crippen molar-refractivity contribution in [1.29, 1.82) is 0 Å². The summed E-state index contributed by atoms with van der Waals surface area (Å²) < 4.78 is 5.17. The lowest BCUT2D eigenvalue weighted by Gasteiger charge is -2.30. The van der Waals surface area contributed by atoms with Gasteiger partial charge >= 0.3 is 5.97 Å². The minimum Gasteiger partial charge on any atom is -0.448 e. The molecular weight excluding hydrogens is 296 g/mol. The van der Waals surface area contributed by atoms with Crippen LogP contribution in [0.25, 0.3) is 0 Å². The number of ketones is 1. The third kappa shape index (κ3) is 4.43. The Morgan fingerprint density at radius 2 is 2.00 bits per heavy atom. The maximum Gasteiger partial charge on any atom is 0.355 e. The van der Waals surface area contributed by atoms with Gasteiger partial charge in [-0.25, -0.2) is 4.79 Å². The molecule has 1 aliphatic carbocycles. The summed E-state index contributed by atoms with van der Waals surface area (Å²) in [5.41, 5.74) is 0.575. The van der Waals surface area contributed by atoms with Gasteiger partial charge in [0.25, 0.3) is 5.91 Å². The molecule has 0 aliphatic heterocycles. The molecule has 0 spiro atoms. The maximum atomic E-state index is 12.2. The van der Waals surface area contributed by atoms with E-state index in [1.54, 1.807) is 6.92 Å². The third-order valence-corrected chi connectivity index (χ3v) is 4.40. The SMILES string of the molecule is CC(=O)c1c[nH]c(C(=O)O[C@H](C)C(=O)N[C@@H]2CCCC[C@H]2C)c1. The fraction of sp³-hybridized carbons (Fsp3) is 0.588. The fourth-order valence-electron chi connectivity index (χ4n) is 2.82. The normalized spacial score (nSPS) is 22.2. The van der Waals surface area contributed by atoms with Gasteiger partial charge in [0.15, 0.2) is 11.9 Å². The smallest absolute Gasteiger partial charge is 0.355 e. The van der Waals surface area contributed by atoms with Gasteiger partial charge in [0.1, 0.15) is 5.69 Å². The fourth-order valence-corrected chi connectivity index (χ4v) is 2.82. The number of H-pyrrole nitrogens is 1. The molecule has 3 atom stereocenters. The quantitative estimate of drug-likeness (QED) is 0.644. The first-order chi connectivity index (χ1) is 10.9. The molecule has 6 nitrogen and oxygen atoms in total. The van der Waals surface area contributed by atoms with Crippen molar-refractivity contribution in [2.24, 2.45) is 5.92 Å². The van der Waals surface area contributed by atoms with E-state index in [0.29, 0.717) is 11.5 Å². The molecule has 1 fully saturated rings. The molecule has 1 saturated carbocycles. The van der Waals surface area contributed by atoms with E-state index in [1.165, 1.54) is 25.6 Å². The monoisotopic (exact) mass is 320 g/mol. The van der Waals surface area contributed by atoms with Gasteiger partial charge < -0.3 is 15.0 Å². The number of nitrogens with one attached hydrogen (secondary N) is 2. The molecule has 2 rings (SSSR count). The Bertz CT molecular complexity index is 593. The van der Waals surface area contributed by atoms with Gasteiger partial charge in [0.05, 0.1) is 0 Å². The first kappa shape index (κ1) is 17.2. The Morgan fingerprint density at radius 1 is 1.30 bits per heavy atom. The van der Waals surface area contributed by atoms with E-state index >= 15 is 0 Å². The zero-order chi connectivity index (χ0) is 17.0. The van der Waals surface area contributed by atoms with Crippen molar-refractivity contribution in [3.63, 3.8) is 0 Å². The van der Waals surface area contributed by atoms with E-state index in [2.05, 4.69) is 17.2 Å². The molecule has 0 bridgehead atoms. The number of ether oxygens (including phenoxy) is 1. The van der Waals surface area contributed by atoms with E-state index in [0.717, 1.165) is 19.3 Å². The highest BCUT2D eigenvalue weighted by Gasteiger charge is 2.26. The second-order valence-corrected chi connectivity index (χ2v) is 6.28. The second kappa shape index (κ2) is 7.44. The summed E-state index contributed by atoms with van der Waals surface area (Å²) in [5, 5.41) is 2.97. The van der Waals surface area contributed by atoms with Crippen molar-refractivity contribution in [2.75, 3.05) is 0 Å². The second-order valence-electron chi connectivity index (χ2n) is 6.28. The lowest BCUT2D eigenvalue weighted by molar-refractivity contribution is -0.130. The van der Waals surface area contributed by atoms with Crippen LogP contribution in [-0.4, -0.2) is 34.8 Å². The minimum atomic E-state index is -0.874. The molecule has 0 saturated heterocycles. The zero-order valence-electron chi connectivity index (χ0n) is 13.8. The molecule has 1 aromatic rings. The Hall–Kier alpha value is -2.11. The summed E-state index contributed by atoms with van der Waals surface area (Å²) in [7, 11) is 0. The van der Waals surface area contributed by atoms with Crippen molar-refractivity contribution in [3.8, 4) is 0 Å². The van der Waals surface area contributed by atoms with E-state index in [-0.39, 0.29) is 23.4 Å². The van der Waals surface area contributed by atoms with Gasteiger partial charge in [-0.05, 0) is 38.7 Å². The van der Waals surface area contributed by atoms with Crippen LogP contribution in [-0.2, 0) is 9.53 Å². The lowest BCUT2D eigenvalue weighted by atomic mass is 9.86. The first-order valence-corrected chi connectivity index (χ1v) is 8.09. The minimum absolute atomic E-state index is 0.141. The predicted octanol–water partition coefficient (Wildman–Crippen LogP) is 2.46. The Balaban J connectivity index is 1.89. The van der Waals surface area contributed by atoms with Crippen molar-refractivity contribution in [3.05, 3.63) is 23.5 Å². The first-order valence-electron chi connectivity index (χ1n) is 8.09. The maximum absolute atomic E-state index is 12.2. The molecule has 126 valence electrons. The predicted molar refractivity (Wildman–Crippen MR) is 85.2 cm³/mol. The Kier molecular flexibility index (Phi) is 5.58. The molecule has 0 aromatic carbocycles. The molecule has 1 heterocycles. The molecular formula is C17H24N2O4. The Morgan fingerprint density at radius 3 is 2.61 bits per heavy atom. The van der Waals surface area contributed by atoms with E-state index in [9.17, 15) is 14.4 Å². The van der Waals surface area contributed by atoms with Crippen LogP contribution in [0, 0.1) is 5.92 Å². The molecule has 1 aromatic heterocycles. The highest BCUT2D eigenvalue weighted by atomic mass is 16.5. The summed E-state index contributed by atoms with van der Waals surface area (Å²) in [6, 6.07) is 1.57. The van der Waals surface area contributed by atoms with Crippen molar-refractivity contribution < 1.29 is 19.1 Å². The topological polar surface area (TPSA) is 88.3 Å². The molecule has 0 unspecified atom stereocenters. The Labute approximate surface area is 136 Å². The molecule has 1 amide bonds. The van der Waals surface area contributed by atoms with Crippen LogP contribution in [0.3, 0.4) is 0 Å². The van der Waals surface area contributed by atoms with Gasteiger partial charge in [-0.3, -0.25) is 9.59 Å². The number of aromatic amines is 1. The summed E-state index contributed by atoms with van der Waals surface area (Å²) in [6.45, 7) is 5.10. The van der Waals surface area contributed by atoms with Crippen LogP contribution in [0.1, 0.15) is 67.3 Å². The summed E-state index contributed by atoms with van der Waals surface area (Å²) in [4.78, 5) is 38.1. The molecule has 2 N–H and O–H groups in total. The summed E-state index contributed by atoms with van der Waals surface area (Å²) >= 11 is 0. The average Bonchev–Trinajstić information content (AvgIpc) is 2.99. The van der Waals surface area contributed by atoms with Crippen LogP contribution >= 0.6 is 0 Å². The number of hydrogen-bond donors (Lipinski definition) is 2. The van der Waals surface area contributed by atoms with Gasteiger partial charge in [0.2, 0.25) is 0 Å². The number of hydrogen-bond acceptors (Lipinski definition) is 4. The number of rotatable bonds is 5. The lowest BCUT2D eigenvalue weighted by Crippen LogP contribution is -2.46. The van der Waals surface area contributed by atoms with E-state index < -0.39 is 12.1 Å². The number of carbonyl (C=O) groups excluding carboxylic acids is 3. The van der Waals surface area contributed by atoms with Crippen LogP contribution in [0.2, 0.25) is 0 Å². The van der Waals surface area contributed by atoms with Crippen molar-refractivity contribution >= 4 is 17.7 Å². The molecule has 1 aliphatic rings. The highest BCUT2D eigenvalue weighted by Crippen LogP contribution is 2.23. The summed E-state index contributed by atoms with van der Waals surface area (Å²) in [6.07, 6.45) is 4.96. The van der Waals surface area contributed by atoms with Gasteiger partial charge in [-0.15, -0.1) is 0 Å².